The van der Waals surface area contributed by atoms with Crippen molar-refractivity contribution in [3.05, 3.63) is 59.7 Å². The van der Waals surface area contributed by atoms with E-state index in [-0.39, 0.29) is 5.75 Å². The van der Waals surface area contributed by atoms with Gasteiger partial charge in [-0.25, -0.2) is 0 Å². The van der Waals surface area contributed by atoms with Crippen molar-refractivity contribution in [2.45, 2.75) is 51.9 Å². The molecule has 1 N–H and O–H groups in total. The first-order chi connectivity index (χ1) is 13.3. The summed E-state index contributed by atoms with van der Waals surface area (Å²) in [6.07, 6.45) is 12.2. The summed E-state index contributed by atoms with van der Waals surface area (Å²) in [4.78, 5) is 0. The topological polar surface area (TPSA) is 54.2 Å². The lowest BCUT2D eigenvalue weighted by atomic mass is 10.1. The summed E-state index contributed by atoms with van der Waals surface area (Å²) in [7, 11) is 0. The summed E-state index contributed by atoms with van der Waals surface area (Å²) < 4.78 is 5.78. The summed E-state index contributed by atoms with van der Waals surface area (Å²) in [5, 5.41) is 17.6. The molecule has 27 heavy (non-hydrogen) atoms. The first-order valence-corrected chi connectivity index (χ1v) is 9.87. The molecule has 0 fully saturated rings. The Bertz CT molecular complexity index is 709. The average molecular weight is 367 g/mol. The fourth-order valence-electron chi connectivity index (χ4n) is 2.69. The summed E-state index contributed by atoms with van der Waals surface area (Å²) in [6.45, 7) is 3.01. The molecular weight excluding hydrogens is 336 g/mol. The number of phenols is 1. The van der Waals surface area contributed by atoms with Crippen LogP contribution in [-0.4, -0.2) is 24.1 Å². The Morgan fingerprint density at radius 3 is 2.22 bits per heavy atom. The van der Waals surface area contributed by atoms with Gasteiger partial charge in [-0.1, -0.05) is 57.6 Å². The second kappa shape index (κ2) is 12.7. The fourth-order valence-corrected chi connectivity index (χ4v) is 2.69. The van der Waals surface area contributed by atoms with E-state index in [2.05, 4.69) is 17.1 Å². The zero-order valence-corrected chi connectivity index (χ0v) is 16.2. The highest BCUT2D eigenvalue weighted by atomic mass is 16.5. The van der Waals surface area contributed by atoms with Crippen LogP contribution in [0.5, 0.6) is 11.5 Å². The van der Waals surface area contributed by atoms with Crippen LogP contribution < -0.4 is 4.74 Å². The number of ether oxygens (including phenoxy) is 1. The zero-order valence-electron chi connectivity index (χ0n) is 16.2. The number of benzene rings is 2. The molecule has 0 spiro atoms. The molecule has 0 amide bonds. The highest BCUT2D eigenvalue weighted by Crippen LogP contribution is 2.14. The molecule has 144 valence electrons. The molecule has 0 unspecified atom stereocenters. The molecule has 0 radical (unpaired) electrons. The van der Waals surface area contributed by atoms with Crippen LogP contribution in [0.1, 0.15) is 63.0 Å². The molecule has 4 nitrogen and oxygen atoms in total. The monoisotopic (exact) mass is 366 g/mol. The summed E-state index contributed by atoms with van der Waals surface area (Å²) in [5.41, 5.74) is 1.59. The maximum absolute atomic E-state index is 9.65. The lowest BCUT2D eigenvalue weighted by molar-refractivity contribution is 0.304. The van der Waals surface area contributed by atoms with Crippen molar-refractivity contribution >= 4 is 12.4 Å². The van der Waals surface area contributed by atoms with Crippen molar-refractivity contribution in [3.8, 4) is 11.5 Å². The minimum Gasteiger partial charge on any atom is -0.507 e. The zero-order chi connectivity index (χ0) is 19.2. The van der Waals surface area contributed by atoms with Crippen molar-refractivity contribution in [1.29, 1.82) is 0 Å². The van der Waals surface area contributed by atoms with Crippen LogP contribution in [0, 0.1) is 0 Å². The third-order valence-corrected chi connectivity index (χ3v) is 4.30. The summed E-state index contributed by atoms with van der Waals surface area (Å²) >= 11 is 0. The van der Waals surface area contributed by atoms with Crippen LogP contribution in [0.3, 0.4) is 0 Å². The van der Waals surface area contributed by atoms with Gasteiger partial charge >= 0.3 is 0 Å². The predicted octanol–water partition coefficient (Wildman–Crippen LogP) is 5.97. The van der Waals surface area contributed by atoms with Gasteiger partial charge in [0.1, 0.15) is 11.5 Å². The van der Waals surface area contributed by atoms with E-state index in [0.29, 0.717) is 5.56 Å². The van der Waals surface area contributed by atoms with Gasteiger partial charge in [0.2, 0.25) is 0 Å². The molecule has 2 rings (SSSR count). The second-order valence-electron chi connectivity index (χ2n) is 6.59. The molecule has 2 aromatic rings. The van der Waals surface area contributed by atoms with Gasteiger partial charge in [-0.15, -0.1) is 0 Å². The largest absolute Gasteiger partial charge is 0.507 e. The first kappa shape index (κ1) is 20.7. The number of nitrogens with zero attached hydrogens (tertiary/aromatic N) is 2. The quantitative estimate of drug-likeness (QED) is 0.286. The number of rotatable bonds is 12. The minimum absolute atomic E-state index is 0.193. The highest BCUT2D eigenvalue weighted by molar-refractivity contribution is 5.84. The van der Waals surface area contributed by atoms with Crippen molar-refractivity contribution in [2.75, 3.05) is 6.61 Å². The van der Waals surface area contributed by atoms with Gasteiger partial charge < -0.3 is 9.84 Å². The second-order valence-corrected chi connectivity index (χ2v) is 6.59. The molecule has 0 atom stereocenters. The molecule has 0 aromatic heterocycles. The summed E-state index contributed by atoms with van der Waals surface area (Å²) in [6, 6.07) is 14.8. The number of hydrogen-bond acceptors (Lipinski definition) is 4. The number of para-hydroxylation sites is 1. The van der Waals surface area contributed by atoms with E-state index in [0.717, 1.165) is 24.3 Å². The van der Waals surface area contributed by atoms with E-state index >= 15 is 0 Å². The maximum atomic E-state index is 9.65. The molecule has 0 heterocycles. The lowest BCUT2D eigenvalue weighted by Crippen LogP contribution is -1.97. The normalized spacial score (nSPS) is 11.4. The molecule has 0 saturated heterocycles. The van der Waals surface area contributed by atoms with Crippen LogP contribution in [0.25, 0.3) is 0 Å². The molecule has 0 saturated carbocycles. The average Bonchev–Trinajstić information content (AvgIpc) is 2.69. The van der Waals surface area contributed by atoms with Gasteiger partial charge in [0.05, 0.1) is 19.0 Å². The Hall–Kier alpha value is -2.62. The van der Waals surface area contributed by atoms with Gasteiger partial charge in [0.15, 0.2) is 0 Å². The van der Waals surface area contributed by atoms with Crippen molar-refractivity contribution in [3.63, 3.8) is 0 Å². The molecule has 0 aliphatic carbocycles. The Balaban J connectivity index is 1.66. The SMILES string of the molecule is CCCCCCCCCOc1ccc(/C=N/N=C/c2ccccc2O)cc1. The fraction of sp³-hybridized carbons (Fsp3) is 0.391. The van der Waals surface area contributed by atoms with Crippen molar-refractivity contribution in [1.82, 2.24) is 0 Å². The Labute approximate surface area is 162 Å². The number of unbranched alkanes of at least 4 members (excludes halogenated alkanes) is 6. The standard InChI is InChI=1S/C23H30N2O2/c1-2-3-4-5-6-7-10-17-27-22-15-13-20(14-16-22)18-24-25-19-21-11-8-9-12-23(21)26/h8-9,11-16,18-19,26H,2-7,10,17H2,1H3/b24-18+,25-19+. The van der Waals surface area contributed by atoms with E-state index in [1.165, 1.54) is 44.7 Å². The van der Waals surface area contributed by atoms with Crippen molar-refractivity contribution < 1.29 is 9.84 Å². The molecule has 0 aliphatic heterocycles. The van der Waals surface area contributed by atoms with Crippen LogP contribution >= 0.6 is 0 Å². The van der Waals surface area contributed by atoms with Gasteiger partial charge in [-0.2, -0.15) is 10.2 Å². The van der Waals surface area contributed by atoms with E-state index in [9.17, 15) is 5.11 Å². The van der Waals surface area contributed by atoms with Crippen molar-refractivity contribution in [2.24, 2.45) is 10.2 Å². The Morgan fingerprint density at radius 1 is 0.815 bits per heavy atom. The molecule has 4 heteroatoms. The van der Waals surface area contributed by atoms with Crippen LogP contribution in [0.2, 0.25) is 0 Å². The summed E-state index contributed by atoms with van der Waals surface area (Å²) in [5.74, 6) is 1.08. The van der Waals surface area contributed by atoms with E-state index in [1.807, 2.05) is 30.3 Å². The highest BCUT2D eigenvalue weighted by Gasteiger charge is 1.96. The third kappa shape index (κ3) is 8.54. The smallest absolute Gasteiger partial charge is 0.124 e. The first-order valence-electron chi connectivity index (χ1n) is 9.87. The predicted molar refractivity (Wildman–Crippen MR) is 113 cm³/mol. The lowest BCUT2D eigenvalue weighted by Gasteiger charge is -2.06. The molecule has 0 aliphatic rings. The van der Waals surface area contributed by atoms with Crippen LogP contribution in [0.15, 0.2) is 58.7 Å². The van der Waals surface area contributed by atoms with Crippen LogP contribution in [0.4, 0.5) is 0 Å². The van der Waals surface area contributed by atoms with Gasteiger partial charge in [0.25, 0.3) is 0 Å². The van der Waals surface area contributed by atoms with Gasteiger partial charge in [0, 0.05) is 5.56 Å². The van der Waals surface area contributed by atoms with Gasteiger partial charge in [-0.3, -0.25) is 0 Å². The molecule has 0 bridgehead atoms. The number of aromatic hydroxyl groups is 1. The third-order valence-electron chi connectivity index (χ3n) is 4.30. The van der Waals surface area contributed by atoms with Gasteiger partial charge in [-0.05, 0) is 48.4 Å². The van der Waals surface area contributed by atoms with E-state index < -0.39 is 0 Å². The van der Waals surface area contributed by atoms with E-state index in [4.69, 9.17) is 4.74 Å². The number of phenolic OH excluding ortho intramolecular Hbond substituents is 1. The number of hydrogen-bond donors (Lipinski definition) is 1. The Kier molecular flexibility index (Phi) is 9.72. The Morgan fingerprint density at radius 2 is 1.48 bits per heavy atom. The molecule has 2 aromatic carbocycles. The minimum atomic E-state index is 0.193. The maximum Gasteiger partial charge on any atom is 0.124 e. The van der Waals surface area contributed by atoms with E-state index in [1.54, 1.807) is 24.4 Å². The molecular formula is C23H30N2O2. The van der Waals surface area contributed by atoms with Crippen LogP contribution in [-0.2, 0) is 0 Å².